The number of carbonyl (C=O) groups excluding carboxylic acids is 1. The first kappa shape index (κ1) is 14.4. The van der Waals surface area contributed by atoms with E-state index in [1.54, 1.807) is 12.4 Å². The van der Waals surface area contributed by atoms with Gasteiger partial charge in [-0.2, -0.15) is 5.10 Å². The topological polar surface area (TPSA) is 47.8 Å². The SMILES string of the molecule is CCC(CC)n1ccc(CC(=O)c2cncc(C)c2)n1. The van der Waals surface area contributed by atoms with Gasteiger partial charge in [0, 0.05) is 24.2 Å². The van der Waals surface area contributed by atoms with Gasteiger partial charge in [-0.15, -0.1) is 0 Å². The van der Waals surface area contributed by atoms with Crippen LogP contribution in [-0.4, -0.2) is 20.5 Å². The number of aryl methyl sites for hydroxylation is 1. The van der Waals surface area contributed by atoms with Crippen molar-refractivity contribution in [3.05, 3.63) is 47.5 Å². The molecule has 0 aliphatic rings. The molecule has 106 valence electrons. The van der Waals surface area contributed by atoms with E-state index in [0.717, 1.165) is 24.1 Å². The first-order valence-electron chi connectivity index (χ1n) is 7.13. The second-order valence-corrected chi connectivity index (χ2v) is 5.11. The number of aromatic nitrogens is 3. The standard InChI is InChI=1S/C16H21N3O/c1-4-15(5-2)19-7-6-14(18-19)9-16(20)13-8-12(3)10-17-11-13/h6-8,10-11,15H,4-5,9H2,1-3H3. The van der Waals surface area contributed by atoms with E-state index >= 15 is 0 Å². The first-order valence-corrected chi connectivity index (χ1v) is 7.13. The lowest BCUT2D eigenvalue weighted by atomic mass is 10.1. The van der Waals surface area contributed by atoms with Crippen LogP contribution in [0, 0.1) is 6.92 Å². The van der Waals surface area contributed by atoms with Gasteiger partial charge in [0.1, 0.15) is 0 Å². The van der Waals surface area contributed by atoms with Crippen molar-refractivity contribution in [3.63, 3.8) is 0 Å². The summed E-state index contributed by atoms with van der Waals surface area (Å²) in [4.78, 5) is 16.3. The van der Waals surface area contributed by atoms with Crippen LogP contribution in [0.5, 0.6) is 0 Å². The van der Waals surface area contributed by atoms with Gasteiger partial charge in [0.05, 0.1) is 18.2 Å². The van der Waals surface area contributed by atoms with Crippen LogP contribution in [-0.2, 0) is 6.42 Å². The molecule has 2 heterocycles. The molecule has 2 rings (SSSR count). The lowest BCUT2D eigenvalue weighted by molar-refractivity contribution is 0.0991. The maximum atomic E-state index is 12.2. The third-order valence-electron chi connectivity index (χ3n) is 3.52. The Morgan fingerprint density at radius 2 is 2.05 bits per heavy atom. The average Bonchev–Trinajstić information content (AvgIpc) is 2.88. The normalized spacial score (nSPS) is 11.0. The molecule has 0 radical (unpaired) electrons. The number of carbonyl (C=O) groups is 1. The van der Waals surface area contributed by atoms with E-state index in [0.29, 0.717) is 18.0 Å². The highest BCUT2D eigenvalue weighted by atomic mass is 16.1. The van der Waals surface area contributed by atoms with Crippen molar-refractivity contribution in [1.29, 1.82) is 0 Å². The molecule has 0 fully saturated rings. The highest BCUT2D eigenvalue weighted by Gasteiger charge is 2.12. The van der Waals surface area contributed by atoms with Crippen molar-refractivity contribution in [2.45, 2.75) is 46.1 Å². The molecule has 0 aliphatic heterocycles. The fraction of sp³-hybridized carbons (Fsp3) is 0.438. The number of ketones is 1. The summed E-state index contributed by atoms with van der Waals surface area (Å²) in [6.07, 6.45) is 7.76. The predicted molar refractivity (Wildman–Crippen MR) is 78.9 cm³/mol. The Kier molecular flexibility index (Phi) is 4.66. The first-order chi connectivity index (χ1) is 9.63. The van der Waals surface area contributed by atoms with E-state index in [1.165, 1.54) is 0 Å². The number of nitrogens with zero attached hydrogens (tertiary/aromatic N) is 3. The summed E-state index contributed by atoms with van der Waals surface area (Å²) in [6, 6.07) is 4.21. The van der Waals surface area contributed by atoms with Crippen LogP contribution >= 0.6 is 0 Å². The van der Waals surface area contributed by atoms with E-state index in [4.69, 9.17) is 0 Å². The van der Waals surface area contributed by atoms with Crippen LogP contribution in [0.15, 0.2) is 30.7 Å². The summed E-state index contributed by atoms with van der Waals surface area (Å²) in [5, 5.41) is 4.52. The van der Waals surface area contributed by atoms with Gasteiger partial charge in [-0.1, -0.05) is 13.8 Å². The molecule has 0 spiro atoms. The molecule has 0 atom stereocenters. The lowest BCUT2D eigenvalue weighted by Crippen LogP contribution is -2.09. The summed E-state index contributed by atoms with van der Waals surface area (Å²) in [7, 11) is 0. The molecule has 0 amide bonds. The van der Waals surface area contributed by atoms with Gasteiger partial charge >= 0.3 is 0 Å². The van der Waals surface area contributed by atoms with Crippen molar-refractivity contribution in [2.75, 3.05) is 0 Å². The second-order valence-electron chi connectivity index (χ2n) is 5.11. The maximum absolute atomic E-state index is 12.2. The minimum absolute atomic E-state index is 0.0657. The zero-order valence-electron chi connectivity index (χ0n) is 12.3. The molecule has 0 saturated carbocycles. The Labute approximate surface area is 119 Å². The molecular weight excluding hydrogens is 250 g/mol. The Hall–Kier alpha value is -1.97. The zero-order chi connectivity index (χ0) is 14.5. The third-order valence-corrected chi connectivity index (χ3v) is 3.52. The summed E-state index contributed by atoms with van der Waals surface area (Å²) in [6.45, 7) is 6.24. The minimum atomic E-state index is 0.0657. The number of hydrogen-bond donors (Lipinski definition) is 0. The van der Waals surface area contributed by atoms with Gasteiger partial charge in [-0.05, 0) is 37.5 Å². The van der Waals surface area contributed by atoms with Gasteiger partial charge < -0.3 is 0 Å². The van der Waals surface area contributed by atoms with Gasteiger partial charge in [0.2, 0.25) is 0 Å². The quantitative estimate of drug-likeness (QED) is 0.757. The molecule has 0 saturated heterocycles. The fourth-order valence-electron chi connectivity index (χ4n) is 2.31. The molecule has 4 heteroatoms. The molecule has 4 nitrogen and oxygen atoms in total. The van der Waals surface area contributed by atoms with Crippen LogP contribution in [0.3, 0.4) is 0 Å². The van der Waals surface area contributed by atoms with E-state index in [9.17, 15) is 4.79 Å². The number of pyridine rings is 1. The van der Waals surface area contributed by atoms with E-state index < -0.39 is 0 Å². The molecule has 0 unspecified atom stereocenters. The summed E-state index contributed by atoms with van der Waals surface area (Å²) in [5.41, 5.74) is 2.48. The maximum Gasteiger partial charge on any atom is 0.170 e. The Bertz CT molecular complexity index is 585. The average molecular weight is 271 g/mol. The molecule has 0 N–H and O–H groups in total. The van der Waals surface area contributed by atoms with Gasteiger partial charge in [-0.3, -0.25) is 14.5 Å². The molecule has 20 heavy (non-hydrogen) atoms. The molecule has 0 aliphatic carbocycles. The fourth-order valence-corrected chi connectivity index (χ4v) is 2.31. The number of rotatable bonds is 6. The van der Waals surface area contributed by atoms with Crippen molar-refractivity contribution >= 4 is 5.78 Å². The van der Waals surface area contributed by atoms with Crippen molar-refractivity contribution < 1.29 is 4.79 Å². The molecular formula is C16H21N3O. The molecule has 2 aromatic heterocycles. The number of Topliss-reactive ketones (excluding diaryl/α,β-unsaturated/α-hetero) is 1. The van der Waals surface area contributed by atoms with Gasteiger partial charge in [0.25, 0.3) is 0 Å². The van der Waals surface area contributed by atoms with Crippen LogP contribution in [0.25, 0.3) is 0 Å². The molecule has 0 bridgehead atoms. The van der Waals surface area contributed by atoms with Crippen molar-refractivity contribution in [2.24, 2.45) is 0 Å². The Morgan fingerprint density at radius 3 is 2.70 bits per heavy atom. The van der Waals surface area contributed by atoms with Crippen LogP contribution in [0.2, 0.25) is 0 Å². The lowest BCUT2D eigenvalue weighted by Gasteiger charge is -2.12. The third kappa shape index (κ3) is 3.32. The Morgan fingerprint density at radius 1 is 1.30 bits per heavy atom. The van der Waals surface area contributed by atoms with Gasteiger partial charge in [-0.25, -0.2) is 0 Å². The van der Waals surface area contributed by atoms with E-state index in [2.05, 4.69) is 23.9 Å². The summed E-state index contributed by atoms with van der Waals surface area (Å²) in [5.74, 6) is 0.0657. The van der Waals surface area contributed by atoms with Crippen molar-refractivity contribution in [3.8, 4) is 0 Å². The summed E-state index contributed by atoms with van der Waals surface area (Å²) >= 11 is 0. The van der Waals surface area contributed by atoms with E-state index in [1.807, 2.05) is 29.9 Å². The molecule has 0 aromatic carbocycles. The van der Waals surface area contributed by atoms with Gasteiger partial charge in [0.15, 0.2) is 5.78 Å². The molecule has 2 aromatic rings. The summed E-state index contributed by atoms with van der Waals surface area (Å²) < 4.78 is 1.97. The zero-order valence-corrected chi connectivity index (χ0v) is 12.3. The monoisotopic (exact) mass is 271 g/mol. The van der Waals surface area contributed by atoms with Crippen LogP contribution in [0.1, 0.15) is 54.3 Å². The minimum Gasteiger partial charge on any atom is -0.294 e. The smallest absolute Gasteiger partial charge is 0.170 e. The van der Waals surface area contributed by atoms with Crippen LogP contribution < -0.4 is 0 Å². The van der Waals surface area contributed by atoms with E-state index in [-0.39, 0.29) is 5.78 Å². The second kappa shape index (κ2) is 6.46. The predicted octanol–water partition coefficient (Wildman–Crippen LogP) is 3.37. The Balaban J connectivity index is 2.09. The highest BCUT2D eigenvalue weighted by molar-refractivity contribution is 5.97. The largest absolute Gasteiger partial charge is 0.294 e. The van der Waals surface area contributed by atoms with Crippen molar-refractivity contribution in [1.82, 2.24) is 14.8 Å². The number of hydrogen-bond acceptors (Lipinski definition) is 3. The van der Waals surface area contributed by atoms with Crippen LogP contribution in [0.4, 0.5) is 0 Å². The highest BCUT2D eigenvalue weighted by Crippen LogP contribution is 2.15.